The van der Waals surface area contributed by atoms with Gasteiger partial charge in [-0.25, -0.2) is 0 Å². The maximum atomic E-state index is 12.0. The lowest BCUT2D eigenvalue weighted by Crippen LogP contribution is -2.22. The van der Waals surface area contributed by atoms with E-state index in [1.54, 1.807) is 30.5 Å². The Morgan fingerprint density at radius 1 is 1.38 bits per heavy atom. The van der Waals surface area contributed by atoms with Gasteiger partial charge in [0.25, 0.3) is 5.91 Å². The van der Waals surface area contributed by atoms with Gasteiger partial charge >= 0.3 is 0 Å². The standard InChI is InChI=1S/C15H20N4O2/c1-2-3-8-21-13-6-4-11(5-7-13)15(20)17-9-12-10-18-19-14(12)16/h4-7,10H,2-3,8-9H2,1H3,(H,17,20)(H3,16,18,19). The SMILES string of the molecule is CCCCOc1ccc(C(=O)NCc2cn[nH]c2N)cc1. The summed E-state index contributed by atoms with van der Waals surface area (Å²) in [6, 6.07) is 7.10. The number of unbranched alkanes of at least 4 members (excludes halogenated alkanes) is 1. The average molecular weight is 288 g/mol. The van der Waals surface area contributed by atoms with Gasteiger partial charge in [0, 0.05) is 17.7 Å². The quantitative estimate of drug-likeness (QED) is 0.680. The van der Waals surface area contributed by atoms with E-state index in [1.807, 2.05) is 0 Å². The highest BCUT2D eigenvalue weighted by molar-refractivity contribution is 5.94. The largest absolute Gasteiger partial charge is 0.494 e. The fraction of sp³-hybridized carbons (Fsp3) is 0.333. The van der Waals surface area contributed by atoms with Crippen LogP contribution in [-0.2, 0) is 6.54 Å². The lowest BCUT2D eigenvalue weighted by atomic mass is 10.2. The third-order valence-corrected chi connectivity index (χ3v) is 3.07. The number of hydrogen-bond acceptors (Lipinski definition) is 4. The van der Waals surface area contributed by atoms with Crippen molar-refractivity contribution in [2.45, 2.75) is 26.3 Å². The van der Waals surface area contributed by atoms with Gasteiger partial charge in [0.2, 0.25) is 0 Å². The summed E-state index contributed by atoms with van der Waals surface area (Å²) < 4.78 is 5.56. The summed E-state index contributed by atoms with van der Waals surface area (Å²) in [7, 11) is 0. The van der Waals surface area contributed by atoms with Crippen LogP contribution in [0.5, 0.6) is 5.75 Å². The molecule has 1 amide bonds. The molecule has 1 heterocycles. The van der Waals surface area contributed by atoms with Crippen molar-refractivity contribution < 1.29 is 9.53 Å². The molecule has 2 rings (SSSR count). The molecule has 0 unspecified atom stereocenters. The van der Waals surface area contributed by atoms with Crippen LogP contribution in [0.15, 0.2) is 30.5 Å². The molecule has 0 aliphatic heterocycles. The highest BCUT2D eigenvalue weighted by Gasteiger charge is 2.07. The third-order valence-electron chi connectivity index (χ3n) is 3.07. The zero-order valence-corrected chi connectivity index (χ0v) is 12.1. The Kier molecular flexibility index (Phi) is 5.20. The maximum absolute atomic E-state index is 12.0. The zero-order chi connectivity index (χ0) is 15.1. The Morgan fingerprint density at radius 2 is 2.14 bits per heavy atom. The molecule has 0 spiro atoms. The van der Waals surface area contributed by atoms with E-state index in [-0.39, 0.29) is 5.91 Å². The van der Waals surface area contributed by atoms with Gasteiger partial charge in [0.15, 0.2) is 0 Å². The van der Waals surface area contributed by atoms with Gasteiger partial charge in [0.05, 0.1) is 12.8 Å². The van der Waals surface area contributed by atoms with E-state index in [4.69, 9.17) is 10.5 Å². The van der Waals surface area contributed by atoms with E-state index < -0.39 is 0 Å². The zero-order valence-electron chi connectivity index (χ0n) is 12.1. The second-order valence-corrected chi connectivity index (χ2v) is 4.72. The summed E-state index contributed by atoms with van der Waals surface area (Å²) >= 11 is 0. The smallest absolute Gasteiger partial charge is 0.251 e. The molecule has 0 bridgehead atoms. The number of rotatable bonds is 7. The van der Waals surface area contributed by atoms with Gasteiger partial charge in [-0.05, 0) is 30.7 Å². The number of nitrogens with zero attached hydrogens (tertiary/aromatic N) is 1. The second-order valence-electron chi connectivity index (χ2n) is 4.72. The first kappa shape index (κ1) is 14.9. The molecule has 6 nitrogen and oxygen atoms in total. The summed E-state index contributed by atoms with van der Waals surface area (Å²) in [5.74, 6) is 1.09. The Bertz CT molecular complexity index is 578. The van der Waals surface area contributed by atoms with Crippen LogP contribution in [0.4, 0.5) is 5.82 Å². The topological polar surface area (TPSA) is 93.0 Å². The number of ether oxygens (including phenoxy) is 1. The normalized spacial score (nSPS) is 10.3. The molecule has 0 aliphatic rings. The number of nitrogens with two attached hydrogens (primary N) is 1. The van der Waals surface area contributed by atoms with Crippen LogP contribution < -0.4 is 15.8 Å². The second kappa shape index (κ2) is 7.33. The molecule has 1 aromatic carbocycles. The van der Waals surface area contributed by atoms with E-state index in [0.29, 0.717) is 24.5 Å². The van der Waals surface area contributed by atoms with E-state index in [2.05, 4.69) is 22.4 Å². The van der Waals surface area contributed by atoms with Gasteiger partial charge in [-0.1, -0.05) is 13.3 Å². The number of carbonyl (C=O) groups is 1. The van der Waals surface area contributed by atoms with Gasteiger partial charge < -0.3 is 15.8 Å². The number of hydrogen-bond donors (Lipinski definition) is 3. The fourth-order valence-corrected chi connectivity index (χ4v) is 1.78. The summed E-state index contributed by atoms with van der Waals surface area (Å²) in [4.78, 5) is 12.0. The molecule has 0 atom stereocenters. The molecule has 0 fully saturated rings. The summed E-state index contributed by atoms with van der Waals surface area (Å²) in [5.41, 5.74) is 7.01. The van der Waals surface area contributed by atoms with Crippen LogP contribution in [0.1, 0.15) is 35.7 Å². The van der Waals surface area contributed by atoms with Crippen molar-refractivity contribution in [3.8, 4) is 5.75 Å². The number of carbonyl (C=O) groups excluding carboxylic acids is 1. The minimum absolute atomic E-state index is 0.157. The molecule has 0 saturated carbocycles. The summed E-state index contributed by atoms with van der Waals surface area (Å²) in [6.45, 7) is 3.15. The van der Waals surface area contributed by atoms with E-state index in [0.717, 1.165) is 24.2 Å². The maximum Gasteiger partial charge on any atom is 0.251 e. The highest BCUT2D eigenvalue weighted by Crippen LogP contribution is 2.13. The molecule has 2 aromatic rings. The first-order valence-electron chi connectivity index (χ1n) is 6.99. The van der Waals surface area contributed by atoms with Crippen LogP contribution in [0, 0.1) is 0 Å². The van der Waals surface area contributed by atoms with Gasteiger partial charge in [-0.2, -0.15) is 5.10 Å². The van der Waals surface area contributed by atoms with Crippen LogP contribution >= 0.6 is 0 Å². The van der Waals surface area contributed by atoms with Gasteiger partial charge in [-0.15, -0.1) is 0 Å². The number of H-pyrrole nitrogens is 1. The van der Waals surface area contributed by atoms with Crippen molar-refractivity contribution >= 4 is 11.7 Å². The minimum atomic E-state index is -0.157. The van der Waals surface area contributed by atoms with Gasteiger partial charge in [0.1, 0.15) is 11.6 Å². The monoisotopic (exact) mass is 288 g/mol. The molecule has 21 heavy (non-hydrogen) atoms. The Morgan fingerprint density at radius 3 is 2.76 bits per heavy atom. The fourth-order valence-electron chi connectivity index (χ4n) is 1.78. The molecular formula is C15H20N4O2. The van der Waals surface area contributed by atoms with Crippen molar-refractivity contribution in [1.82, 2.24) is 15.5 Å². The molecule has 0 saturated heterocycles. The summed E-state index contributed by atoms with van der Waals surface area (Å²) in [5, 5.41) is 9.22. The molecule has 0 aliphatic carbocycles. The van der Waals surface area contributed by atoms with Crippen molar-refractivity contribution in [2.24, 2.45) is 0 Å². The Labute approximate surface area is 123 Å². The van der Waals surface area contributed by atoms with Gasteiger partial charge in [-0.3, -0.25) is 9.89 Å². The van der Waals surface area contributed by atoms with Crippen molar-refractivity contribution in [3.05, 3.63) is 41.6 Å². The minimum Gasteiger partial charge on any atom is -0.494 e. The van der Waals surface area contributed by atoms with E-state index >= 15 is 0 Å². The number of aromatic nitrogens is 2. The number of benzene rings is 1. The lowest BCUT2D eigenvalue weighted by molar-refractivity contribution is 0.0951. The predicted molar refractivity (Wildman–Crippen MR) is 81.0 cm³/mol. The van der Waals surface area contributed by atoms with E-state index in [1.165, 1.54) is 0 Å². The predicted octanol–water partition coefficient (Wildman–Crippen LogP) is 2.10. The molecular weight excluding hydrogens is 268 g/mol. The lowest BCUT2D eigenvalue weighted by Gasteiger charge is -2.07. The van der Waals surface area contributed by atoms with Crippen LogP contribution in [0.2, 0.25) is 0 Å². The number of amides is 1. The van der Waals surface area contributed by atoms with Crippen molar-refractivity contribution in [2.75, 3.05) is 12.3 Å². The molecule has 1 aromatic heterocycles. The van der Waals surface area contributed by atoms with Crippen LogP contribution in [0.25, 0.3) is 0 Å². The number of nitrogens with one attached hydrogen (secondary N) is 2. The highest BCUT2D eigenvalue weighted by atomic mass is 16.5. The number of nitrogen functional groups attached to an aromatic ring is 1. The van der Waals surface area contributed by atoms with E-state index in [9.17, 15) is 4.79 Å². The molecule has 112 valence electrons. The number of anilines is 1. The summed E-state index contributed by atoms with van der Waals surface area (Å²) in [6.07, 6.45) is 3.71. The number of aromatic amines is 1. The van der Waals surface area contributed by atoms with Crippen molar-refractivity contribution in [1.29, 1.82) is 0 Å². The Hall–Kier alpha value is -2.50. The average Bonchev–Trinajstić information content (AvgIpc) is 2.91. The molecule has 0 radical (unpaired) electrons. The van der Waals surface area contributed by atoms with Crippen molar-refractivity contribution in [3.63, 3.8) is 0 Å². The molecule has 4 N–H and O–H groups in total. The van der Waals surface area contributed by atoms with Crippen LogP contribution in [-0.4, -0.2) is 22.7 Å². The first-order valence-corrected chi connectivity index (χ1v) is 6.99. The van der Waals surface area contributed by atoms with Crippen LogP contribution in [0.3, 0.4) is 0 Å². The third kappa shape index (κ3) is 4.24. The first-order chi connectivity index (χ1) is 10.2. The Balaban J connectivity index is 1.86. The molecule has 6 heteroatoms.